The number of allylic oxidation sites excluding steroid dienone is 1. The third kappa shape index (κ3) is 4.32. The van der Waals surface area contributed by atoms with Gasteiger partial charge in [-0.2, -0.15) is 0 Å². The zero-order valence-corrected chi connectivity index (χ0v) is 15.3. The summed E-state index contributed by atoms with van der Waals surface area (Å²) in [5.74, 6) is 1.03. The van der Waals surface area contributed by atoms with Crippen LogP contribution in [0.1, 0.15) is 32.3 Å². The van der Waals surface area contributed by atoms with E-state index in [1.54, 1.807) is 33.0 Å². The molecule has 1 aliphatic heterocycles. The Kier molecular flexibility index (Phi) is 6.44. The van der Waals surface area contributed by atoms with Gasteiger partial charge in [-0.25, -0.2) is 4.79 Å². The predicted molar refractivity (Wildman–Crippen MR) is 93.5 cm³/mol. The Morgan fingerprint density at radius 1 is 1.16 bits per heavy atom. The minimum atomic E-state index is -0.330. The van der Waals surface area contributed by atoms with Crippen molar-refractivity contribution in [2.24, 2.45) is 0 Å². The largest absolute Gasteiger partial charge is 0.493 e. The second kappa shape index (κ2) is 8.55. The lowest BCUT2D eigenvalue weighted by molar-refractivity contribution is -0.139. The average Bonchev–Trinajstić information content (AvgIpc) is 2.61. The molecule has 0 unspecified atom stereocenters. The van der Waals surface area contributed by atoms with Crippen LogP contribution in [0.5, 0.6) is 11.5 Å². The fourth-order valence-corrected chi connectivity index (χ4v) is 2.94. The highest BCUT2D eigenvalue weighted by Gasteiger charge is 2.28. The first-order valence-corrected chi connectivity index (χ1v) is 8.40. The van der Waals surface area contributed by atoms with E-state index in [1.165, 1.54) is 0 Å². The molecule has 0 spiro atoms. The molecule has 1 aromatic rings. The summed E-state index contributed by atoms with van der Waals surface area (Å²) in [6, 6.07) is 5.69. The Hall–Kier alpha value is -2.50. The molecule has 2 rings (SSSR count). The molecule has 1 aliphatic rings. The number of methoxy groups -OCH3 is 2. The molecule has 1 aromatic carbocycles. The Balaban J connectivity index is 2.14. The molecule has 0 atom stereocenters. The highest BCUT2D eigenvalue weighted by atomic mass is 16.5. The van der Waals surface area contributed by atoms with Gasteiger partial charge < -0.3 is 19.1 Å². The number of amides is 1. The van der Waals surface area contributed by atoms with Crippen molar-refractivity contribution in [2.45, 2.75) is 33.1 Å². The lowest BCUT2D eigenvalue weighted by Gasteiger charge is -2.29. The third-order valence-corrected chi connectivity index (χ3v) is 4.33. The van der Waals surface area contributed by atoms with Gasteiger partial charge in [0.25, 0.3) is 0 Å². The Bertz CT molecular complexity index is 680. The minimum Gasteiger partial charge on any atom is -0.493 e. The van der Waals surface area contributed by atoms with Gasteiger partial charge in [-0.15, -0.1) is 0 Å². The van der Waals surface area contributed by atoms with Crippen LogP contribution in [0.3, 0.4) is 0 Å². The fraction of sp³-hybridized carbons (Fsp3) is 0.474. The van der Waals surface area contributed by atoms with Crippen LogP contribution in [-0.2, 0) is 20.7 Å². The van der Waals surface area contributed by atoms with Crippen LogP contribution in [0.15, 0.2) is 29.5 Å². The Labute approximate surface area is 148 Å². The SMILES string of the molecule is CCOC(=O)C1=C(C)N(CCc2ccc(OC)c(OC)c2)C(=O)CC1. The summed E-state index contributed by atoms with van der Waals surface area (Å²) in [6.07, 6.45) is 1.42. The lowest BCUT2D eigenvalue weighted by Crippen LogP contribution is -2.36. The first-order chi connectivity index (χ1) is 12.0. The van der Waals surface area contributed by atoms with Crippen LogP contribution in [0.25, 0.3) is 0 Å². The van der Waals surface area contributed by atoms with Crippen molar-refractivity contribution >= 4 is 11.9 Å². The van der Waals surface area contributed by atoms with Crippen molar-refractivity contribution in [3.8, 4) is 11.5 Å². The molecule has 0 bridgehead atoms. The number of carbonyl (C=O) groups is 2. The summed E-state index contributed by atoms with van der Waals surface area (Å²) >= 11 is 0. The molecule has 1 heterocycles. The van der Waals surface area contributed by atoms with Crippen LogP contribution in [0.2, 0.25) is 0 Å². The van der Waals surface area contributed by atoms with Crippen LogP contribution >= 0.6 is 0 Å². The van der Waals surface area contributed by atoms with Gasteiger partial charge in [-0.05, 0) is 44.4 Å². The van der Waals surface area contributed by atoms with Crippen molar-refractivity contribution < 1.29 is 23.8 Å². The number of nitrogens with zero attached hydrogens (tertiary/aromatic N) is 1. The molecule has 0 fully saturated rings. The summed E-state index contributed by atoms with van der Waals surface area (Å²) in [6.45, 7) is 4.41. The zero-order chi connectivity index (χ0) is 18.4. The first kappa shape index (κ1) is 18.8. The molecular formula is C19H25NO5. The van der Waals surface area contributed by atoms with E-state index in [-0.39, 0.29) is 11.9 Å². The molecule has 6 nitrogen and oxygen atoms in total. The van der Waals surface area contributed by atoms with Crippen LogP contribution in [-0.4, -0.2) is 44.1 Å². The molecule has 6 heteroatoms. The van der Waals surface area contributed by atoms with Crippen molar-refractivity contribution in [1.29, 1.82) is 0 Å². The molecular weight excluding hydrogens is 322 g/mol. The number of hydrogen-bond donors (Lipinski definition) is 0. The topological polar surface area (TPSA) is 65.1 Å². The van der Waals surface area contributed by atoms with Gasteiger partial charge in [0.1, 0.15) is 0 Å². The fourth-order valence-electron chi connectivity index (χ4n) is 2.94. The summed E-state index contributed by atoms with van der Waals surface area (Å²) in [5.41, 5.74) is 2.31. The van der Waals surface area contributed by atoms with Gasteiger partial charge in [-0.3, -0.25) is 4.79 Å². The van der Waals surface area contributed by atoms with E-state index < -0.39 is 0 Å². The number of ether oxygens (including phenoxy) is 3. The molecule has 1 amide bonds. The van der Waals surface area contributed by atoms with Gasteiger partial charge in [-0.1, -0.05) is 6.07 Å². The predicted octanol–water partition coefficient (Wildman–Crippen LogP) is 2.71. The van der Waals surface area contributed by atoms with Gasteiger partial charge in [0.2, 0.25) is 5.91 Å². The Morgan fingerprint density at radius 2 is 1.88 bits per heavy atom. The van der Waals surface area contributed by atoms with Gasteiger partial charge in [0, 0.05) is 18.7 Å². The normalized spacial score (nSPS) is 14.6. The summed E-state index contributed by atoms with van der Waals surface area (Å²) in [4.78, 5) is 26.0. The van der Waals surface area contributed by atoms with Gasteiger partial charge in [0.15, 0.2) is 11.5 Å². The van der Waals surface area contributed by atoms with E-state index in [2.05, 4.69) is 0 Å². The molecule has 0 aromatic heterocycles. The van der Waals surface area contributed by atoms with Crippen molar-refractivity contribution in [3.05, 3.63) is 35.0 Å². The van der Waals surface area contributed by atoms with E-state index in [0.717, 1.165) is 5.56 Å². The van der Waals surface area contributed by atoms with E-state index in [1.807, 2.05) is 18.2 Å². The van der Waals surface area contributed by atoms with Crippen LogP contribution < -0.4 is 9.47 Å². The van der Waals surface area contributed by atoms with Crippen molar-refractivity contribution in [1.82, 2.24) is 4.90 Å². The van der Waals surface area contributed by atoms with Crippen LogP contribution in [0.4, 0.5) is 0 Å². The highest BCUT2D eigenvalue weighted by molar-refractivity contribution is 5.93. The van der Waals surface area contributed by atoms with Crippen molar-refractivity contribution in [2.75, 3.05) is 27.4 Å². The maximum Gasteiger partial charge on any atom is 0.335 e. The van der Waals surface area contributed by atoms with E-state index >= 15 is 0 Å². The number of hydrogen-bond acceptors (Lipinski definition) is 5. The first-order valence-electron chi connectivity index (χ1n) is 8.40. The molecule has 0 aliphatic carbocycles. The molecule has 25 heavy (non-hydrogen) atoms. The average molecular weight is 347 g/mol. The van der Waals surface area contributed by atoms with Gasteiger partial charge >= 0.3 is 5.97 Å². The van der Waals surface area contributed by atoms with Gasteiger partial charge in [0.05, 0.1) is 26.4 Å². The molecule has 136 valence electrons. The third-order valence-electron chi connectivity index (χ3n) is 4.33. The molecule has 0 saturated heterocycles. The standard InChI is InChI=1S/C19H25NO5/c1-5-25-19(22)15-7-9-18(21)20(13(15)2)11-10-14-6-8-16(23-3)17(12-14)24-4/h6,8,12H,5,7,9-11H2,1-4H3. The second-order valence-corrected chi connectivity index (χ2v) is 5.77. The minimum absolute atomic E-state index is 0.0334. The molecule has 0 radical (unpaired) electrons. The smallest absolute Gasteiger partial charge is 0.335 e. The highest BCUT2D eigenvalue weighted by Crippen LogP contribution is 2.29. The lowest BCUT2D eigenvalue weighted by atomic mass is 10.0. The number of carbonyl (C=O) groups excluding carboxylic acids is 2. The maximum atomic E-state index is 12.3. The van der Waals surface area contributed by atoms with E-state index in [9.17, 15) is 9.59 Å². The molecule has 0 saturated carbocycles. The second-order valence-electron chi connectivity index (χ2n) is 5.77. The quantitative estimate of drug-likeness (QED) is 0.710. The van der Waals surface area contributed by atoms with E-state index in [0.29, 0.717) is 55.2 Å². The number of esters is 1. The van der Waals surface area contributed by atoms with Crippen molar-refractivity contribution in [3.63, 3.8) is 0 Å². The molecule has 0 N–H and O–H groups in total. The number of benzene rings is 1. The van der Waals surface area contributed by atoms with E-state index in [4.69, 9.17) is 14.2 Å². The maximum absolute atomic E-state index is 12.3. The Morgan fingerprint density at radius 3 is 2.52 bits per heavy atom. The zero-order valence-electron chi connectivity index (χ0n) is 15.3. The number of rotatable bonds is 7. The summed E-state index contributed by atoms with van der Waals surface area (Å²) in [7, 11) is 3.18. The monoisotopic (exact) mass is 347 g/mol. The summed E-state index contributed by atoms with van der Waals surface area (Å²) in [5, 5.41) is 0. The summed E-state index contributed by atoms with van der Waals surface area (Å²) < 4.78 is 15.6. The van der Waals surface area contributed by atoms with Crippen LogP contribution in [0, 0.1) is 0 Å².